The van der Waals surface area contributed by atoms with Crippen molar-refractivity contribution in [2.75, 3.05) is 16.8 Å². The maximum atomic E-state index is 12.7. The van der Waals surface area contributed by atoms with E-state index in [1.54, 1.807) is 35.2 Å². The summed E-state index contributed by atoms with van der Waals surface area (Å²) in [6, 6.07) is 7.05. The number of halogens is 1. The smallest absolute Gasteiger partial charge is 0.231 e. The molecule has 0 spiro atoms. The largest absolute Gasteiger partial charge is 0.312 e. The minimum atomic E-state index is -0.456. The molecule has 160 valence electrons. The lowest BCUT2D eigenvalue weighted by Gasteiger charge is -2.16. The van der Waals surface area contributed by atoms with Crippen molar-refractivity contribution < 1.29 is 9.59 Å². The van der Waals surface area contributed by atoms with Gasteiger partial charge in [0.25, 0.3) is 0 Å². The standard InChI is InChI=1S/C20H19ClN6O2S2/c1-2-6-26-16(24-25-20(26)30)9-14-11-31-19(22-14)23-18(29)12-7-17(28)27(10-12)15-5-3-4-13(21)8-15/h2-5,8,11-12H,1,6-7,9-10H2,(H,25,30)(H,22,23,29). The van der Waals surface area contributed by atoms with E-state index < -0.39 is 5.92 Å². The average molecular weight is 475 g/mol. The number of H-pyrrole nitrogens is 1. The molecule has 31 heavy (non-hydrogen) atoms. The van der Waals surface area contributed by atoms with Crippen LogP contribution in [0.4, 0.5) is 10.8 Å². The number of amides is 2. The van der Waals surface area contributed by atoms with Gasteiger partial charge in [0.15, 0.2) is 9.90 Å². The third-order valence-corrected chi connectivity index (χ3v) is 6.24. The summed E-state index contributed by atoms with van der Waals surface area (Å²) in [5, 5.41) is 12.7. The molecule has 0 bridgehead atoms. The predicted octanol–water partition coefficient (Wildman–Crippen LogP) is 3.82. The number of carbonyl (C=O) groups is 2. The second-order valence-electron chi connectivity index (χ2n) is 7.04. The summed E-state index contributed by atoms with van der Waals surface area (Å²) in [6.45, 7) is 4.59. The van der Waals surface area contributed by atoms with Gasteiger partial charge < -0.3 is 10.2 Å². The summed E-state index contributed by atoms with van der Waals surface area (Å²) in [7, 11) is 0. The summed E-state index contributed by atoms with van der Waals surface area (Å²) < 4.78 is 2.36. The van der Waals surface area contributed by atoms with Crippen LogP contribution in [-0.2, 0) is 22.6 Å². The van der Waals surface area contributed by atoms with E-state index in [2.05, 4.69) is 27.1 Å². The lowest BCUT2D eigenvalue weighted by atomic mass is 10.1. The van der Waals surface area contributed by atoms with E-state index in [4.69, 9.17) is 23.8 Å². The van der Waals surface area contributed by atoms with Gasteiger partial charge in [0.1, 0.15) is 5.82 Å². The fourth-order valence-corrected chi connectivity index (χ4v) is 4.52. The third-order valence-electron chi connectivity index (χ3n) is 4.89. The second-order valence-corrected chi connectivity index (χ2v) is 8.72. The van der Waals surface area contributed by atoms with Crippen LogP contribution in [0.25, 0.3) is 0 Å². The van der Waals surface area contributed by atoms with Gasteiger partial charge in [-0.15, -0.1) is 17.9 Å². The molecule has 0 saturated carbocycles. The van der Waals surface area contributed by atoms with Crippen LogP contribution in [0.2, 0.25) is 5.02 Å². The summed E-state index contributed by atoms with van der Waals surface area (Å²) in [4.78, 5) is 31.2. The Labute approximate surface area is 192 Å². The van der Waals surface area contributed by atoms with Crippen LogP contribution in [0.3, 0.4) is 0 Å². The number of nitrogens with one attached hydrogen (secondary N) is 2. The molecule has 1 atom stereocenters. The predicted molar refractivity (Wildman–Crippen MR) is 123 cm³/mol. The lowest BCUT2D eigenvalue weighted by Crippen LogP contribution is -2.28. The van der Waals surface area contributed by atoms with E-state index in [9.17, 15) is 9.59 Å². The van der Waals surface area contributed by atoms with E-state index in [0.29, 0.717) is 40.1 Å². The highest BCUT2D eigenvalue weighted by molar-refractivity contribution is 7.71. The zero-order valence-corrected chi connectivity index (χ0v) is 18.8. The minimum absolute atomic E-state index is 0.104. The highest BCUT2D eigenvalue weighted by atomic mass is 35.5. The van der Waals surface area contributed by atoms with Crippen LogP contribution < -0.4 is 10.2 Å². The fraction of sp³-hybridized carbons (Fsp3) is 0.250. The summed E-state index contributed by atoms with van der Waals surface area (Å²) in [6.07, 6.45) is 2.36. The van der Waals surface area contributed by atoms with E-state index >= 15 is 0 Å². The number of allylic oxidation sites excluding steroid dienone is 1. The van der Waals surface area contributed by atoms with Crippen LogP contribution in [0, 0.1) is 10.7 Å². The molecule has 1 aromatic carbocycles. The van der Waals surface area contributed by atoms with E-state index in [1.807, 2.05) is 9.95 Å². The average Bonchev–Trinajstić information content (AvgIpc) is 3.43. The fourth-order valence-electron chi connectivity index (χ4n) is 3.39. The number of thiazole rings is 1. The van der Waals surface area contributed by atoms with Gasteiger partial charge in [0.05, 0.1) is 18.0 Å². The molecule has 0 radical (unpaired) electrons. The molecule has 8 nitrogen and oxygen atoms in total. The maximum absolute atomic E-state index is 12.7. The van der Waals surface area contributed by atoms with Gasteiger partial charge in [0.2, 0.25) is 11.8 Å². The molecule has 1 fully saturated rings. The Balaban J connectivity index is 1.40. The van der Waals surface area contributed by atoms with Crippen LogP contribution in [0.15, 0.2) is 42.3 Å². The normalized spacial score (nSPS) is 16.0. The number of aromatic nitrogens is 4. The molecule has 1 aliphatic rings. The number of hydrogen-bond donors (Lipinski definition) is 2. The molecule has 3 heterocycles. The highest BCUT2D eigenvalue weighted by Gasteiger charge is 2.35. The van der Waals surface area contributed by atoms with Crippen LogP contribution >= 0.6 is 35.2 Å². The van der Waals surface area contributed by atoms with Crippen molar-refractivity contribution in [2.45, 2.75) is 19.4 Å². The van der Waals surface area contributed by atoms with Crippen molar-refractivity contribution in [3.8, 4) is 0 Å². The highest BCUT2D eigenvalue weighted by Crippen LogP contribution is 2.28. The number of carbonyl (C=O) groups excluding carboxylic acids is 2. The van der Waals surface area contributed by atoms with Gasteiger partial charge in [-0.25, -0.2) is 4.98 Å². The molecule has 1 unspecified atom stereocenters. The Bertz CT molecular complexity index is 1200. The van der Waals surface area contributed by atoms with Gasteiger partial charge >= 0.3 is 0 Å². The number of benzene rings is 1. The molecule has 0 aliphatic carbocycles. The van der Waals surface area contributed by atoms with Crippen LogP contribution in [-0.4, -0.2) is 38.1 Å². The first-order valence-electron chi connectivity index (χ1n) is 9.50. The van der Waals surface area contributed by atoms with E-state index in [-0.39, 0.29) is 18.2 Å². The summed E-state index contributed by atoms with van der Waals surface area (Å²) >= 11 is 12.6. The number of anilines is 2. The monoisotopic (exact) mass is 474 g/mol. The SMILES string of the molecule is C=CCn1c(Cc2csc(NC(=O)C3CC(=O)N(c4cccc(Cl)c4)C3)n2)n[nH]c1=S. The number of aromatic amines is 1. The molecule has 2 amide bonds. The van der Waals surface area contributed by atoms with Crippen molar-refractivity contribution in [1.82, 2.24) is 19.7 Å². The zero-order valence-electron chi connectivity index (χ0n) is 16.4. The summed E-state index contributed by atoms with van der Waals surface area (Å²) in [5.74, 6) is -0.0466. The molecule has 2 aromatic heterocycles. The van der Waals surface area contributed by atoms with Crippen molar-refractivity contribution in [1.29, 1.82) is 0 Å². The second kappa shape index (κ2) is 9.13. The molecule has 1 aliphatic heterocycles. The molecule has 2 N–H and O–H groups in total. The van der Waals surface area contributed by atoms with Gasteiger partial charge in [-0.3, -0.25) is 19.3 Å². The number of rotatable bonds is 7. The Hall–Kier alpha value is -2.82. The van der Waals surface area contributed by atoms with Crippen molar-refractivity contribution in [2.24, 2.45) is 5.92 Å². The topological polar surface area (TPSA) is 95.9 Å². The van der Waals surface area contributed by atoms with Crippen LogP contribution in [0.1, 0.15) is 17.9 Å². The van der Waals surface area contributed by atoms with Crippen LogP contribution in [0.5, 0.6) is 0 Å². The van der Waals surface area contributed by atoms with E-state index in [1.165, 1.54) is 11.3 Å². The Morgan fingerprint density at radius 2 is 2.32 bits per heavy atom. The van der Waals surface area contributed by atoms with Crippen molar-refractivity contribution in [3.05, 3.63) is 63.6 Å². The van der Waals surface area contributed by atoms with Crippen molar-refractivity contribution in [3.63, 3.8) is 0 Å². The van der Waals surface area contributed by atoms with Gasteiger partial charge in [0, 0.05) is 35.6 Å². The number of nitrogens with zero attached hydrogens (tertiary/aromatic N) is 4. The molecule has 1 saturated heterocycles. The summed E-state index contributed by atoms with van der Waals surface area (Å²) in [5.41, 5.74) is 1.46. The Kier molecular flexibility index (Phi) is 6.30. The molecule has 3 aromatic rings. The minimum Gasteiger partial charge on any atom is -0.312 e. The molecular weight excluding hydrogens is 456 g/mol. The first kappa shape index (κ1) is 21.4. The lowest BCUT2D eigenvalue weighted by molar-refractivity contribution is -0.122. The van der Waals surface area contributed by atoms with Gasteiger partial charge in [-0.1, -0.05) is 23.7 Å². The zero-order chi connectivity index (χ0) is 22.0. The van der Waals surface area contributed by atoms with Crippen molar-refractivity contribution >= 4 is 57.8 Å². The first-order chi connectivity index (χ1) is 14.9. The molecular formula is C20H19ClN6O2S2. The quantitative estimate of drug-likeness (QED) is 0.401. The van der Waals surface area contributed by atoms with E-state index in [0.717, 1.165) is 11.5 Å². The maximum Gasteiger partial charge on any atom is 0.231 e. The third kappa shape index (κ3) is 4.76. The Morgan fingerprint density at radius 1 is 1.48 bits per heavy atom. The van der Waals surface area contributed by atoms with Gasteiger partial charge in [-0.05, 0) is 30.4 Å². The van der Waals surface area contributed by atoms with Gasteiger partial charge in [-0.2, -0.15) is 5.10 Å². The Morgan fingerprint density at radius 3 is 3.10 bits per heavy atom. The number of hydrogen-bond acceptors (Lipinski definition) is 6. The first-order valence-corrected chi connectivity index (χ1v) is 11.2. The molecule has 4 rings (SSSR count). The molecule has 11 heteroatoms.